The number of urea groups is 1. The smallest absolute Gasteiger partial charge is 0.310 e. The predicted molar refractivity (Wildman–Crippen MR) is 101 cm³/mol. The normalized spacial score (nSPS) is 14.1. The maximum absolute atomic E-state index is 12.6. The SMILES string of the molecule is CC(C)N1C(=O)CCc2cc(NC(=O)Nc3ccc(C(F)(F)F)cc3)ccc21. The molecular formula is C20H20F3N3O2. The van der Waals surface area contributed by atoms with E-state index in [0.29, 0.717) is 18.5 Å². The third-order valence-electron chi connectivity index (χ3n) is 4.46. The van der Waals surface area contributed by atoms with Crippen LogP contribution in [-0.2, 0) is 17.4 Å². The number of rotatable bonds is 3. The molecule has 0 bridgehead atoms. The second-order valence-corrected chi connectivity index (χ2v) is 6.86. The average molecular weight is 391 g/mol. The van der Waals surface area contributed by atoms with Gasteiger partial charge in [-0.15, -0.1) is 0 Å². The van der Waals surface area contributed by atoms with Gasteiger partial charge < -0.3 is 15.5 Å². The lowest BCUT2D eigenvalue weighted by molar-refractivity contribution is -0.137. The number of amides is 3. The van der Waals surface area contributed by atoms with Gasteiger partial charge in [-0.05, 0) is 68.3 Å². The van der Waals surface area contributed by atoms with E-state index in [0.717, 1.165) is 23.4 Å². The van der Waals surface area contributed by atoms with Gasteiger partial charge in [0.25, 0.3) is 0 Å². The fourth-order valence-corrected chi connectivity index (χ4v) is 3.20. The fourth-order valence-electron chi connectivity index (χ4n) is 3.20. The van der Waals surface area contributed by atoms with E-state index in [-0.39, 0.29) is 17.6 Å². The molecule has 0 spiro atoms. The number of hydrogen-bond acceptors (Lipinski definition) is 2. The largest absolute Gasteiger partial charge is 0.416 e. The van der Waals surface area contributed by atoms with E-state index in [1.807, 2.05) is 19.9 Å². The molecular weight excluding hydrogens is 371 g/mol. The van der Waals surface area contributed by atoms with Gasteiger partial charge in [-0.3, -0.25) is 4.79 Å². The molecule has 0 atom stereocenters. The number of anilines is 3. The molecule has 0 saturated carbocycles. The fraction of sp³-hybridized carbons (Fsp3) is 0.300. The Labute approximate surface area is 160 Å². The van der Waals surface area contributed by atoms with Crippen molar-refractivity contribution in [3.63, 3.8) is 0 Å². The van der Waals surface area contributed by atoms with Crippen LogP contribution in [0.2, 0.25) is 0 Å². The van der Waals surface area contributed by atoms with Crippen molar-refractivity contribution in [3.8, 4) is 0 Å². The van der Waals surface area contributed by atoms with Gasteiger partial charge in [0.2, 0.25) is 5.91 Å². The maximum atomic E-state index is 12.6. The van der Waals surface area contributed by atoms with Crippen LogP contribution in [0.3, 0.4) is 0 Å². The number of nitrogens with zero attached hydrogens (tertiary/aromatic N) is 1. The molecule has 28 heavy (non-hydrogen) atoms. The quantitative estimate of drug-likeness (QED) is 0.770. The lowest BCUT2D eigenvalue weighted by Crippen LogP contribution is -2.40. The van der Waals surface area contributed by atoms with Crippen LogP contribution in [0, 0.1) is 0 Å². The van der Waals surface area contributed by atoms with E-state index in [9.17, 15) is 22.8 Å². The number of alkyl halides is 3. The summed E-state index contributed by atoms with van der Waals surface area (Å²) in [6.45, 7) is 3.88. The van der Waals surface area contributed by atoms with Crippen molar-refractivity contribution in [3.05, 3.63) is 53.6 Å². The number of carbonyl (C=O) groups excluding carboxylic acids is 2. The molecule has 1 aliphatic rings. The molecule has 1 aliphatic heterocycles. The number of halogens is 3. The van der Waals surface area contributed by atoms with Crippen LogP contribution in [-0.4, -0.2) is 18.0 Å². The molecule has 0 fully saturated rings. The highest BCUT2D eigenvalue weighted by Gasteiger charge is 2.30. The van der Waals surface area contributed by atoms with Gasteiger partial charge in [0.15, 0.2) is 0 Å². The Morgan fingerprint density at radius 1 is 1.00 bits per heavy atom. The minimum absolute atomic E-state index is 0.0355. The summed E-state index contributed by atoms with van der Waals surface area (Å²) in [4.78, 5) is 26.0. The summed E-state index contributed by atoms with van der Waals surface area (Å²) in [6, 6.07) is 8.98. The Balaban J connectivity index is 1.69. The number of carbonyl (C=O) groups is 2. The van der Waals surface area contributed by atoms with E-state index >= 15 is 0 Å². The van der Waals surface area contributed by atoms with E-state index in [4.69, 9.17) is 0 Å². The molecule has 0 radical (unpaired) electrons. The average Bonchev–Trinajstić information content (AvgIpc) is 2.61. The number of benzene rings is 2. The molecule has 2 N–H and O–H groups in total. The van der Waals surface area contributed by atoms with Crippen molar-refractivity contribution in [2.75, 3.05) is 15.5 Å². The third kappa shape index (κ3) is 4.27. The molecule has 0 saturated heterocycles. The minimum Gasteiger partial charge on any atom is -0.310 e. The van der Waals surface area contributed by atoms with Gasteiger partial charge in [-0.1, -0.05) is 0 Å². The van der Waals surface area contributed by atoms with Gasteiger partial charge in [-0.2, -0.15) is 13.2 Å². The van der Waals surface area contributed by atoms with Crippen LogP contribution in [0.4, 0.5) is 35.0 Å². The van der Waals surface area contributed by atoms with E-state index < -0.39 is 17.8 Å². The molecule has 148 valence electrons. The van der Waals surface area contributed by atoms with E-state index in [1.165, 1.54) is 12.1 Å². The molecule has 0 aromatic heterocycles. The van der Waals surface area contributed by atoms with Gasteiger partial charge in [0.05, 0.1) is 5.56 Å². The van der Waals surface area contributed by atoms with Crippen LogP contribution in [0.1, 0.15) is 31.4 Å². The topological polar surface area (TPSA) is 61.4 Å². The molecule has 2 aromatic rings. The molecule has 2 aromatic carbocycles. The number of nitrogens with one attached hydrogen (secondary N) is 2. The first-order valence-electron chi connectivity index (χ1n) is 8.85. The van der Waals surface area contributed by atoms with Crippen LogP contribution < -0.4 is 15.5 Å². The standard InChI is InChI=1S/C20H20F3N3O2/c1-12(2)26-17-9-8-16(11-13(17)3-10-18(26)27)25-19(28)24-15-6-4-14(5-7-15)20(21,22)23/h4-9,11-12H,3,10H2,1-2H3,(H2,24,25,28). The van der Waals surface area contributed by atoms with Crippen LogP contribution in [0.5, 0.6) is 0 Å². The molecule has 8 heteroatoms. The van der Waals surface area contributed by atoms with Crippen molar-refractivity contribution < 1.29 is 22.8 Å². The molecule has 5 nitrogen and oxygen atoms in total. The Hall–Kier alpha value is -3.03. The molecule has 3 amide bonds. The predicted octanol–water partition coefficient (Wildman–Crippen LogP) is 5.04. The van der Waals surface area contributed by atoms with Crippen molar-refractivity contribution in [1.29, 1.82) is 0 Å². The summed E-state index contributed by atoms with van der Waals surface area (Å²) < 4.78 is 37.8. The summed E-state index contributed by atoms with van der Waals surface area (Å²) >= 11 is 0. The van der Waals surface area contributed by atoms with Gasteiger partial charge >= 0.3 is 12.2 Å². The molecule has 0 aliphatic carbocycles. The third-order valence-corrected chi connectivity index (χ3v) is 4.46. The van der Waals surface area contributed by atoms with Gasteiger partial charge in [0, 0.05) is 29.5 Å². The highest BCUT2D eigenvalue weighted by atomic mass is 19.4. The van der Waals surface area contributed by atoms with E-state index in [1.54, 1.807) is 17.0 Å². The summed E-state index contributed by atoms with van der Waals surface area (Å²) in [5, 5.41) is 5.17. The Bertz CT molecular complexity index is 893. The molecule has 0 unspecified atom stereocenters. The number of aryl methyl sites for hydroxylation is 1. The second-order valence-electron chi connectivity index (χ2n) is 6.86. The van der Waals surface area contributed by atoms with E-state index in [2.05, 4.69) is 10.6 Å². The van der Waals surface area contributed by atoms with Crippen LogP contribution in [0.25, 0.3) is 0 Å². The van der Waals surface area contributed by atoms with Gasteiger partial charge in [0.1, 0.15) is 0 Å². The number of hydrogen-bond donors (Lipinski definition) is 2. The molecule has 1 heterocycles. The summed E-state index contributed by atoms with van der Waals surface area (Å²) in [5.41, 5.74) is 1.80. The Morgan fingerprint density at radius 2 is 1.61 bits per heavy atom. The Morgan fingerprint density at radius 3 is 2.21 bits per heavy atom. The zero-order chi connectivity index (χ0) is 20.5. The van der Waals surface area contributed by atoms with Crippen molar-refractivity contribution in [2.45, 2.75) is 38.9 Å². The highest BCUT2D eigenvalue weighted by molar-refractivity contribution is 6.01. The Kier molecular flexibility index (Phi) is 5.31. The minimum atomic E-state index is -4.42. The van der Waals surface area contributed by atoms with Crippen molar-refractivity contribution in [1.82, 2.24) is 0 Å². The first-order chi connectivity index (χ1) is 13.1. The second kappa shape index (κ2) is 7.53. The summed E-state index contributed by atoms with van der Waals surface area (Å²) in [7, 11) is 0. The maximum Gasteiger partial charge on any atom is 0.416 e. The van der Waals surface area contributed by atoms with Crippen LogP contribution in [0.15, 0.2) is 42.5 Å². The van der Waals surface area contributed by atoms with Crippen molar-refractivity contribution in [2.24, 2.45) is 0 Å². The van der Waals surface area contributed by atoms with Gasteiger partial charge in [-0.25, -0.2) is 4.79 Å². The summed E-state index contributed by atoms with van der Waals surface area (Å²) in [5.74, 6) is 0.0725. The first kappa shape index (κ1) is 19.7. The first-order valence-corrected chi connectivity index (χ1v) is 8.85. The summed E-state index contributed by atoms with van der Waals surface area (Å²) in [6.07, 6.45) is -3.42. The highest BCUT2D eigenvalue weighted by Crippen LogP contribution is 2.32. The zero-order valence-electron chi connectivity index (χ0n) is 15.4. The number of fused-ring (bicyclic) bond motifs is 1. The zero-order valence-corrected chi connectivity index (χ0v) is 15.4. The van der Waals surface area contributed by atoms with Crippen molar-refractivity contribution >= 4 is 29.0 Å². The lowest BCUT2D eigenvalue weighted by Gasteiger charge is -2.33. The van der Waals surface area contributed by atoms with Crippen LogP contribution >= 0.6 is 0 Å². The monoisotopic (exact) mass is 391 g/mol. The molecule has 3 rings (SSSR count). The lowest BCUT2D eigenvalue weighted by atomic mass is 9.99.